The lowest BCUT2D eigenvalue weighted by Gasteiger charge is -2.13. The second kappa shape index (κ2) is 9.26. The van der Waals surface area contributed by atoms with Gasteiger partial charge in [-0.3, -0.25) is 14.6 Å². The van der Waals surface area contributed by atoms with Crippen LogP contribution < -0.4 is 10.5 Å². The first-order chi connectivity index (χ1) is 17.2. The summed E-state index contributed by atoms with van der Waals surface area (Å²) in [6.45, 7) is 1.80. The number of rotatable bonds is 6. The van der Waals surface area contributed by atoms with Crippen molar-refractivity contribution >= 4 is 38.3 Å². The van der Waals surface area contributed by atoms with Gasteiger partial charge >= 0.3 is 0 Å². The van der Waals surface area contributed by atoms with E-state index in [1.807, 2.05) is 25.1 Å². The molecule has 182 valence electrons. The number of nitrogens with one attached hydrogen (secondary N) is 1. The standard InChI is InChI=1S/C24H21ClN8O2S/c1-14-5-3-7-17(29-14)13-28-36(34,35)24-23(26)30-22(19-8-10-33(2)32-19)21(31-24)16-11-15-6-4-9-27-20(15)18(25)12-16/h3-12,28H,13H2,1-2H3,(H2,26,30). The number of pyridine rings is 2. The van der Waals surface area contributed by atoms with Crippen LogP contribution in [0.5, 0.6) is 0 Å². The predicted molar refractivity (Wildman–Crippen MR) is 137 cm³/mol. The average molecular weight is 521 g/mol. The number of nitrogens with two attached hydrogens (primary N) is 1. The highest BCUT2D eigenvalue weighted by Gasteiger charge is 2.26. The average Bonchev–Trinajstić information content (AvgIpc) is 3.28. The van der Waals surface area contributed by atoms with E-state index in [0.29, 0.717) is 33.2 Å². The van der Waals surface area contributed by atoms with Crippen LogP contribution in [0.1, 0.15) is 11.4 Å². The predicted octanol–water partition coefficient (Wildman–Crippen LogP) is 3.51. The first kappa shape index (κ1) is 23.8. The van der Waals surface area contributed by atoms with Gasteiger partial charge in [-0.1, -0.05) is 23.7 Å². The third kappa shape index (κ3) is 4.63. The van der Waals surface area contributed by atoms with Crippen molar-refractivity contribution in [2.75, 3.05) is 5.73 Å². The van der Waals surface area contributed by atoms with Crippen LogP contribution in [0.4, 0.5) is 5.82 Å². The SMILES string of the molecule is Cc1cccc(CNS(=O)(=O)c2nc(-c3cc(Cl)c4ncccc4c3)c(-c3ccn(C)n3)nc2N)n1. The molecule has 0 fully saturated rings. The lowest BCUT2D eigenvalue weighted by Crippen LogP contribution is -2.26. The van der Waals surface area contributed by atoms with Crippen molar-refractivity contribution in [3.63, 3.8) is 0 Å². The summed E-state index contributed by atoms with van der Waals surface area (Å²) in [4.78, 5) is 17.6. The molecule has 0 atom stereocenters. The molecule has 3 N–H and O–H groups in total. The van der Waals surface area contributed by atoms with E-state index in [-0.39, 0.29) is 18.1 Å². The minimum absolute atomic E-state index is 0.0318. The van der Waals surface area contributed by atoms with Gasteiger partial charge in [-0.2, -0.15) is 5.10 Å². The van der Waals surface area contributed by atoms with Gasteiger partial charge in [0, 0.05) is 36.1 Å². The van der Waals surface area contributed by atoms with E-state index in [2.05, 4.69) is 29.8 Å². The second-order valence-corrected chi connectivity index (χ2v) is 10.2. The molecule has 5 aromatic rings. The zero-order valence-electron chi connectivity index (χ0n) is 19.3. The molecule has 36 heavy (non-hydrogen) atoms. The summed E-state index contributed by atoms with van der Waals surface area (Å²) in [6.07, 6.45) is 3.39. The van der Waals surface area contributed by atoms with Crippen molar-refractivity contribution in [2.24, 2.45) is 7.05 Å². The summed E-state index contributed by atoms with van der Waals surface area (Å²) >= 11 is 6.51. The van der Waals surface area contributed by atoms with Crippen molar-refractivity contribution < 1.29 is 8.42 Å². The summed E-state index contributed by atoms with van der Waals surface area (Å²) in [5.41, 5.74) is 9.70. The molecule has 1 aromatic carbocycles. The van der Waals surface area contributed by atoms with E-state index in [0.717, 1.165) is 11.1 Å². The summed E-state index contributed by atoms with van der Waals surface area (Å²) in [6, 6.07) is 14.2. The highest BCUT2D eigenvalue weighted by molar-refractivity contribution is 7.89. The number of benzene rings is 1. The minimum Gasteiger partial charge on any atom is -0.381 e. The number of nitrogen functional groups attached to an aromatic ring is 1. The van der Waals surface area contributed by atoms with Crippen molar-refractivity contribution in [1.82, 2.24) is 34.4 Å². The van der Waals surface area contributed by atoms with Gasteiger partial charge in [0.1, 0.15) is 17.1 Å². The number of aromatic nitrogens is 6. The molecule has 0 spiro atoms. The maximum Gasteiger partial charge on any atom is 0.262 e. The molecule has 10 nitrogen and oxygen atoms in total. The lowest BCUT2D eigenvalue weighted by atomic mass is 10.0. The third-order valence-corrected chi connectivity index (χ3v) is 7.04. The zero-order chi connectivity index (χ0) is 25.4. The smallest absolute Gasteiger partial charge is 0.262 e. The number of fused-ring (bicyclic) bond motifs is 1. The first-order valence-corrected chi connectivity index (χ1v) is 12.7. The monoisotopic (exact) mass is 520 g/mol. The van der Waals surface area contributed by atoms with Crippen LogP contribution >= 0.6 is 11.6 Å². The molecular weight excluding hydrogens is 500 g/mol. The molecule has 5 rings (SSSR count). The highest BCUT2D eigenvalue weighted by atomic mass is 35.5. The Balaban J connectivity index is 1.65. The molecule has 0 aliphatic carbocycles. The van der Waals surface area contributed by atoms with Gasteiger partial charge in [-0.05, 0) is 43.3 Å². The Labute approximate surface area is 212 Å². The van der Waals surface area contributed by atoms with Crippen LogP contribution in [0.25, 0.3) is 33.5 Å². The molecule has 0 aliphatic rings. The van der Waals surface area contributed by atoms with Crippen molar-refractivity contribution in [2.45, 2.75) is 18.5 Å². The maximum absolute atomic E-state index is 13.2. The molecule has 0 saturated heterocycles. The van der Waals surface area contributed by atoms with Gasteiger partial charge in [0.15, 0.2) is 5.82 Å². The van der Waals surface area contributed by atoms with E-state index in [1.54, 1.807) is 54.5 Å². The van der Waals surface area contributed by atoms with Crippen LogP contribution in [0, 0.1) is 6.92 Å². The van der Waals surface area contributed by atoms with E-state index in [9.17, 15) is 8.42 Å². The fourth-order valence-electron chi connectivity index (χ4n) is 3.77. The Hall–Kier alpha value is -3.93. The van der Waals surface area contributed by atoms with Gasteiger partial charge in [0.05, 0.1) is 22.8 Å². The molecular formula is C24H21ClN8O2S. The number of hydrogen-bond acceptors (Lipinski definition) is 8. The van der Waals surface area contributed by atoms with Crippen molar-refractivity contribution in [3.05, 3.63) is 77.3 Å². The highest BCUT2D eigenvalue weighted by Crippen LogP contribution is 2.35. The van der Waals surface area contributed by atoms with Gasteiger partial charge in [0.25, 0.3) is 10.0 Å². The number of hydrogen-bond donors (Lipinski definition) is 2. The fourth-order valence-corrected chi connectivity index (χ4v) is 5.05. The van der Waals surface area contributed by atoms with E-state index in [4.69, 9.17) is 17.3 Å². The quantitative estimate of drug-likeness (QED) is 0.346. The number of anilines is 1. The third-order valence-electron chi connectivity index (χ3n) is 5.42. The number of aryl methyl sites for hydroxylation is 2. The van der Waals surface area contributed by atoms with Gasteiger partial charge in [0.2, 0.25) is 5.03 Å². The summed E-state index contributed by atoms with van der Waals surface area (Å²) in [7, 11) is -2.37. The van der Waals surface area contributed by atoms with Gasteiger partial charge in [-0.15, -0.1) is 0 Å². The van der Waals surface area contributed by atoms with Crippen LogP contribution in [-0.2, 0) is 23.6 Å². The molecule has 0 radical (unpaired) electrons. The Morgan fingerprint density at radius 2 is 1.89 bits per heavy atom. The Morgan fingerprint density at radius 1 is 1.06 bits per heavy atom. The second-order valence-electron chi connectivity index (χ2n) is 8.11. The molecule has 12 heteroatoms. The summed E-state index contributed by atoms with van der Waals surface area (Å²) in [5.74, 6) is -0.252. The minimum atomic E-state index is -4.14. The van der Waals surface area contributed by atoms with Crippen LogP contribution in [-0.4, -0.2) is 38.1 Å². The van der Waals surface area contributed by atoms with E-state index < -0.39 is 15.0 Å². The van der Waals surface area contributed by atoms with Gasteiger partial charge < -0.3 is 5.73 Å². The Bertz CT molecular complexity index is 1720. The van der Waals surface area contributed by atoms with Crippen LogP contribution in [0.3, 0.4) is 0 Å². The lowest BCUT2D eigenvalue weighted by molar-refractivity contribution is 0.576. The maximum atomic E-state index is 13.2. The van der Waals surface area contributed by atoms with Crippen LogP contribution in [0.15, 0.2) is 66.0 Å². The Morgan fingerprint density at radius 3 is 2.64 bits per heavy atom. The van der Waals surface area contributed by atoms with E-state index >= 15 is 0 Å². The number of halogens is 1. The van der Waals surface area contributed by atoms with Gasteiger partial charge in [-0.25, -0.2) is 23.1 Å². The summed E-state index contributed by atoms with van der Waals surface area (Å²) < 4.78 is 30.6. The molecule has 4 aromatic heterocycles. The molecule has 0 amide bonds. The molecule has 0 aliphatic heterocycles. The molecule has 0 bridgehead atoms. The zero-order valence-corrected chi connectivity index (χ0v) is 20.9. The number of nitrogens with zero attached hydrogens (tertiary/aromatic N) is 6. The van der Waals surface area contributed by atoms with Crippen LogP contribution in [0.2, 0.25) is 5.02 Å². The summed E-state index contributed by atoms with van der Waals surface area (Å²) in [5, 5.41) is 5.17. The molecule has 4 heterocycles. The topological polar surface area (TPSA) is 142 Å². The number of sulfonamides is 1. The van der Waals surface area contributed by atoms with Crippen molar-refractivity contribution in [3.8, 4) is 22.6 Å². The fraction of sp³-hybridized carbons (Fsp3) is 0.125. The molecule has 0 saturated carbocycles. The first-order valence-electron chi connectivity index (χ1n) is 10.9. The largest absolute Gasteiger partial charge is 0.381 e. The van der Waals surface area contributed by atoms with E-state index in [1.165, 1.54) is 0 Å². The normalized spacial score (nSPS) is 11.8. The molecule has 0 unspecified atom stereocenters. The van der Waals surface area contributed by atoms with Crippen molar-refractivity contribution in [1.29, 1.82) is 0 Å². The Kier molecular flexibility index (Phi) is 6.12.